The average Bonchev–Trinajstić information content (AvgIpc) is 2.89. The lowest BCUT2D eigenvalue weighted by Crippen LogP contribution is -2.01. The van der Waals surface area contributed by atoms with Crippen molar-refractivity contribution in [2.45, 2.75) is 25.9 Å². The van der Waals surface area contributed by atoms with Crippen LogP contribution in [0, 0.1) is 0 Å². The van der Waals surface area contributed by atoms with E-state index in [0.717, 1.165) is 29.9 Å². The van der Waals surface area contributed by atoms with Crippen LogP contribution in [0.15, 0.2) is 24.4 Å². The van der Waals surface area contributed by atoms with Gasteiger partial charge in [-0.1, -0.05) is 6.07 Å². The van der Waals surface area contributed by atoms with Gasteiger partial charge in [-0.2, -0.15) is 5.10 Å². The lowest BCUT2D eigenvalue weighted by molar-refractivity contribution is 0.644. The highest BCUT2D eigenvalue weighted by Crippen LogP contribution is 2.30. The molecule has 0 aromatic carbocycles. The van der Waals surface area contributed by atoms with Crippen LogP contribution in [0.5, 0.6) is 0 Å². The normalized spacial score (nSPS) is 14.1. The maximum atomic E-state index is 5.75. The maximum absolute atomic E-state index is 5.75. The van der Waals surface area contributed by atoms with E-state index in [0.29, 0.717) is 6.54 Å². The second kappa shape index (κ2) is 3.72. The van der Waals surface area contributed by atoms with Crippen LogP contribution in [0.2, 0.25) is 0 Å². The van der Waals surface area contributed by atoms with Crippen LogP contribution in [0.1, 0.15) is 17.8 Å². The van der Waals surface area contributed by atoms with Gasteiger partial charge < -0.3 is 5.73 Å². The molecule has 2 aromatic heterocycles. The van der Waals surface area contributed by atoms with E-state index in [9.17, 15) is 0 Å². The summed E-state index contributed by atoms with van der Waals surface area (Å²) in [5, 5.41) is 4.54. The second-order valence-corrected chi connectivity index (χ2v) is 4.01. The average molecular weight is 214 g/mol. The molecule has 0 atom stereocenters. The second-order valence-electron chi connectivity index (χ2n) is 4.01. The van der Waals surface area contributed by atoms with Crippen molar-refractivity contribution in [2.75, 3.05) is 0 Å². The van der Waals surface area contributed by atoms with Crippen molar-refractivity contribution in [2.24, 2.45) is 5.73 Å². The van der Waals surface area contributed by atoms with Crippen LogP contribution < -0.4 is 5.73 Å². The van der Waals surface area contributed by atoms with Gasteiger partial charge in [-0.25, -0.2) is 0 Å². The van der Waals surface area contributed by atoms with Gasteiger partial charge in [-0.3, -0.25) is 9.67 Å². The zero-order valence-corrected chi connectivity index (χ0v) is 9.06. The molecule has 0 saturated carbocycles. The van der Waals surface area contributed by atoms with Crippen molar-refractivity contribution in [3.05, 3.63) is 35.8 Å². The van der Waals surface area contributed by atoms with E-state index in [1.807, 2.05) is 24.4 Å². The first-order chi connectivity index (χ1) is 7.90. The predicted molar refractivity (Wildman–Crippen MR) is 61.7 cm³/mol. The molecule has 0 saturated heterocycles. The Hall–Kier alpha value is -1.68. The highest BCUT2D eigenvalue weighted by Gasteiger charge is 2.22. The summed E-state index contributed by atoms with van der Waals surface area (Å²) in [6, 6.07) is 5.95. The smallest absolute Gasteiger partial charge is 0.0857 e. The van der Waals surface area contributed by atoms with Gasteiger partial charge in [0.05, 0.1) is 11.4 Å². The summed E-state index contributed by atoms with van der Waals surface area (Å²) in [6.45, 7) is 1.49. The molecule has 4 heteroatoms. The van der Waals surface area contributed by atoms with E-state index in [2.05, 4.69) is 14.8 Å². The third-order valence-corrected chi connectivity index (χ3v) is 3.03. The molecule has 2 aromatic rings. The van der Waals surface area contributed by atoms with Crippen LogP contribution in [0.4, 0.5) is 0 Å². The molecule has 1 aliphatic rings. The van der Waals surface area contributed by atoms with Gasteiger partial charge in [-0.05, 0) is 25.0 Å². The first-order valence-electron chi connectivity index (χ1n) is 5.60. The van der Waals surface area contributed by atoms with Gasteiger partial charge in [0, 0.05) is 30.5 Å². The van der Waals surface area contributed by atoms with Crippen LogP contribution in [0.25, 0.3) is 11.3 Å². The maximum Gasteiger partial charge on any atom is 0.0857 e. The molecule has 2 N–H and O–H groups in total. The number of aromatic nitrogens is 3. The number of aryl methyl sites for hydroxylation is 1. The molecule has 0 unspecified atom stereocenters. The molecule has 0 radical (unpaired) electrons. The standard InChI is InChI=1S/C12H14N4/c13-8-10-12(9-4-1-2-6-14-9)11-5-3-7-16(11)15-10/h1-2,4,6H,3,5,7-8,13H2. The molecule has 4 nitrogen and oxygen atoms in total. The Labute approximate surface area is 94.1 Å². The molecule has 0 fully saturated rings. The topological polar surface area (TPSA) is 56.7 Å². The molecular weight excluding hydrogens is 200 g/mol. The van der Waals surface area contributed by atoms with Crippen molar-refractivity contribution in [3.8, 4) is 11.3 Å². The largest absolute Gasteiger partial charge is 0.325 e. The molecular formula is C12H14N4. The third kappa shape index (κ3) is 1.34. The Bertz CT molecular complexity index is 501. The van der Waals surface area contributed by atoms with Crippen LogP contribution in [0.3, 0.4) is 0 Å². The summed E-state index contributed by atoms with van der Waals surface area (Å²) in [7, 11) is 0. The molecule has 3 heterocycles. The van der Waals surface area contributed by atoms with Gasteiger partial charge in [0.25, 0.3) is 0 Å². The Kier molecular flexibility index (Phi) is 2.22. The fourth-order valence-electron chi connectivity index (χ4n) is 2.34. The fourth-order valence-corrected chi connectivity index (χ4v) is 2.34. The van der Waals surface area contributed by atoms with Gasteiger partial charge in [0.2, 0.25) is 0 Å². The molecule has 16 heavy (non-hydrogen) atoms. The van der Waals surface area contributed by atoms with Crippen molar-refractivity contribution in [3.63, 3.8) is 0 Å². The molecule has 0 amide bonds. The summed E-state index contributed by atoms with van der Waals surface area (Å²) in [5.74, 6) is 0. The van der Waals surface area contributed by atoms with E-state index >= 15 is 0 Å². The third-order valence-electron chi connectivity index (χ3n) is 3.03. The van der Waals surface area contributed by atoms with Crippen molar-refractivity contribution >= 4 is 0 Å². The Morgan fingerprint density at radius 3 is 3.06 bits per heavy atom. The Balaban J connectivity index is 2.19. The fraction of sp³-hybridized carbons (Fsp3) is 0.333. The van der Waals surface area contributed by atoms with Gasteiger partial charge in [-0.15, -0.1) is 0 Å². The number of nitrogens with zero attached hydrogens (tertiary/aromatic N) is 3. The number of pyridine rings is 1. The molecule has 1 aliphatic heterocycles. The molecule has 0 aliphatic carbocycles. The molecule has 0 bridgehead atoms. The quantitative estimate of drug-likeness (QED) is 0.821. The summed E-state index contributed by atoms with van der Waals surface area (Å²) in [4.78, 5) is 4.40. The van der Waals surface area contributed by atoms with E-state index in [-0.39, 0.29) is 0 Å². The van der Waals surface area contributed by atoms with E-state index in [1.165, 1.54) is 12.1 Å². The Morgan fingerprint density at radius 2 is 2.31 bits per heavy atom. The van der Waals surface area contributed by atoms with Crippen LogP contribution >= 0.6 is 0 Å². The minimum absolute atomic E-state index is 0.478. The summed E-state index contributed by atoms with van der Waals surface area (Å²) >= 11 is 0. The molecule has 3 rings (SSSR count). The lowest BCUT2D eigenvalue weighted by Gasteiger charge is -2.01. The lowest BCUT2D eigenvalue weighted by atomic mass is 10.1. The Morgan fingerprint density at radius 1 is 1.38 bits per heavy atom. The molecule has 0 spiro atoms. The zero-order chi connectivity index (χ0) is 11.0. The van der Waals surface area contributed by atoms with Crippen molar-refractivity contribution in [1.29, 1.82) is 0 Å². The van der Waals surface area contributed by atoms with Crippen LogP contribution in [-0.4, -0.2) is 14.8 Å². The number of hydrogen-bond donors (Lipinski definition) is 1. The SMILES string of the molecule is NCc1nn2c(c1-c1ccccn1)CCC2. The number of nitrogens with two attached hydrogens (primary N) is 1. The minimum atomic E-state index is 0.478. The van der Waals surface area contributed by atoms with Gasteiger partial charge >= 0.3 is 0 Å². The highest BCUT2D eigenvalue weighted by molar-refractivity contribution is 5.65. The van der Waals surface area contributed by atoms with Crippen molar-refractivity contribution in [1.82, 2.24) is 14.8 Å². The number of fused-ring (bicyclic) bond motifs is 1. The zero-order valence-electron chi connectivity index (χ0n) is 9.06. The number of hydrogen-bond acceptors (Lipinski definition) is 3. The summed E-state index contributed by atoms with van der Waals surface area (Å²) in [5.41, 5.74) is 10.1. The van der Waals surface area contributed by atoms with Gasteiger partial charge in [0.15, 0.2) is 0 Å². The van der Waals surface area contributed by atoms with E-state index < -0.39 is 0 Å². The number of rotatable bonds is 2. The molecule has 82 valence electrons. The van der Waals surface area contributed by atoms with E-state index in [1.54, 1.807) is 0 Å². The summed E-state index contributed by atoms with van der Waals surface area (Å²) < 4.78 is 2.08. The first-order valence-corrected chi connectivity index (χ1v) is 5.60. The summed E-state index contributed by atoms with van der Waals surface area (Å²) in [6.07, 6.45) is 4.07. The monoisotopic (exact) mass is 214 g/mol. The predicted octanol–water partition coefficient (Wildman–Crippen LogP) is 1.35. The highest BCUT2D eigenvalue weighted by atomic mass is 15.3. The van der Waals surface area contributed by atoms with Crippen LogP contribution in [-0.2, 0) is 19.5 Å². The first kappa shape index (κ1) is 9.54. The van der Waals surface area contributed by atoms with E-state index in [4.69, 9.17) is 5.73 Å². The van der Waals surface area contributed by atoms with Crippen molar-refractivity contribution < 1.29 is 0 Å². The van der Waals surface area contributed by atoms with Gasteiger partial charge in [0.1, 0.15) is 0 Å². The minimum Gasteiger partial charge on any atom is -0.325 e.